The Balaban J connectivity index is 1.77. The lowest BCUT2D eigenvalue weighted by atomic mass is 10.2. The van der Waals surface area contributed by atoms with Crippen LogP contribution in [0, 0.1) is 0 Å². The van der Waals surface area contributed by atoms with Crippen molar-refractivity contribution in [3.8, 4) is 0 Å². The minimum absolute atomic E-state index is 0.0490. The van der Waals surface area contributed by atoms with Crippen molar-refractivity contribution in [1.29, 1.82) is 0 Å². The lowest BCUT2D eigenvalue weighted by Crippen LogP contribution is -2.27. The molecule has 1 amide bonds. The Morgan fingerprint density at radius 2 is 2.09 bits per heavy atom. The first kappa shape index (κ1) is 15.2. The molecule has 0 radical (unpaired) electrons. The molecular weight excluding hydrogens is 328 g/mol. The van der Waals surface area contributed by atoms with Gasteiger partial charge in [0, 0.05) is 0 Å². The molecule has 3 rings (SSSR count). The third-order valence-electron chi connectivity index (χ3n) is 2.92. The molecule has 2 aromatic heterocycles. The number of alkyl halides is 2. The Kier molecular flexibility index (Phi) is 4.06. The number of benzene rings is 1. The maximum absolute atomic E-state index is 12.4. The van der Waals surface area contributed by atoms with Gasteiger partial charge in [0.25, 0.3) is 12.0 Å². The van der Waals surface area contributed by atoms with Crippen LogP contribution in [0.4, 0.5) is 13.9 Å². The highest BCUT2D eigenvalue weighted by Crippen LogP contribution is 2.24. The summed E-state index contributed by atoms with van der Waals surface area (Å²) in [5.74, 6) is -0.582. The van der Waals surface area contributed by atoms with Gasteiger partial charge in [-0.15, -0.1) is 10.2 Å². The number of carbonyl (C=O) groups is 1. The summed E-state index contributed by atoms with van der Waals surface area (Å²) in [6, 6.07) is 6.75. The molecule has 0 saturated heterocycles. The van der Waals surface area contributed by atoms with E-state index < -0.39 is 17.3 Å². The van der Waals surface area contributed by atoms with Crippen LogP contribution in [-0.4, -0.2) is 25.7 Å². The quantitative estimate of drug-likeness (QED) is 0.784. The fourth-order valence-electron chi connectivity index (χ4n) is 1.91. The first-order valence-corrected chi connectivity index (χ1v) is 7.22. The van der Waals surface area contributed by atoms with Gasteiger partial charge in [-0.25, -0.2) is 13.8 Å². The van der Waals surface area contributed by atoms with E-state index in [1.165, 1.54) is 6.33 Å². The van der Waals surface area contributed by atoms with Gasteiger partial charge in [0.1, 0.15) is 6.54 Å². The average Bonchev–Trinajstić information content (AvgIpc) is 2.99. The van der Waals surface area contributed by atoms with Crippen LogP contribution < -0.4 is 10.9 Å². The molecule has 7 nitrogen and oxygen atoms in total. The molecule has 1 aromatic carbocycles. The number of anilines is 1. The molecule has 10 heteroatoms. The number of nitrogens with zero attached hydrogens (tertiary/aromatic N) is 4. The van der Waals surface area contributed by atoms with E-state index in [0.717, 1.165) is 4.57 Å². The Hall–Kier alpha value is -2.75. The second-order valence-electron chi connectivity index (χ2n) is 4.49. The Morgan fingerprint density at radius 1 is 1.30 bits per heavy atom. The molecule has 0 fully saturated rings. The fourth-order valence-corrected chi connectivity index (χ4v) is 2.52. The zero-order chi connectivity index (χ0) is 16.4. The second kappa shape index (κ2) is 6.16. The summed E-state index contributed by atoms with van der Waals surface area (Å²) in [7, 11) is 0. The number of hydrogen-bond donors (Lipinski definition) is 1. The lowest BCUT2D eigenvalue weighted by Gasteiger charge is -2.05. The van der Waals surface area contributed by atoms with Crippen LogP contribution in [0.5, 0.6) is 0 Å². The van der Waals surface area contributed by atoms with Gasteiger partial charge in [-0.05, 0) is 12.1 Å². The number of halogens is 2. The number of rotatable bonds is 4. The smallest absolute Gasteiger partial charge is 0.291 e. The van der Waals surface area contributed by atoms with Gasteiger partial charge in [-0.3, -0.25) is 19.5 Å². The zero-order valence-corrected chi connectivity index (χ0v) is 12.3. The first-order chi connectivity index (χ1) is 11.0. The summed E-state index contributed by atoms with van der Waals surface area (Å²) >= 11 is 0.579. The molecule has 0 aliphatic rings. The first-order valence-electron chi connectivity index (χ1n) is 6.40. The largest absolute Gasteiger partial charge is 0.299 e. The summed E-state index contributed by atoms with van der Waals surface area (Å²) in [6.07, 6.45) is -1.49. The average molecular weight is 337 g/mol. The standard InChI is InChI=1S/C13H9F2N5O2S/c14-10(15)11-18-19-13(23-11)17-9(21)5-20-6-16-8-4-2-1-3-7(8)12(20)22/h1-4,6,10H,5H2,(H,17,19,21). The molecule has 2 heterocycles. The topological polar surface area (TPSA) is 89.8 Å². The number of fused-ring (bicyclic) bond motifs is 1. The van der Waals surface area contributed by atoms with Gasteiger partial charge in [0.15, 0.2) is 5.01 Å². The van der Waals surface area contributed by atoms with Gasteiger partial charge < -0.3 is 0 Å². The van der Waals surface area contributed by atoms with E-state index in [4.69, 9.17) is 0 Å². The van der Waals surface area contributed by atoms with E-state index in [0.29, 0.717) is 22.2 Å². The molecule has 23 heavy (non-hydrogen) atoms. The van der Waals surface area contributed by atoms with Crippen molar-refractivity contribution in [3.63, 3.8) is 0 Å². The van der Waals surface area contributed by atoms with E-state index in [1.807, 2.05) is 0 Å². The Morgan fingerprint density at radius 3 is 2.83 bits per heavy atom. The molecule has 118 valence electrons. The van der Waals surface area contributed by atoms with Crippen molar-refractivity contribution in [2.45, 2.75) is 13.0 Å². The van der Waals surface area contributed by atoms with Crippen molar-refractivity contribution in [3.05, 3.63) is 46.0 Å². The molecule has 0 aliphatic heterocycles. The van der Waals surface area contributed by atoms with Crippen molar-refractivity contribution in [2.75, 3.05) is 5.32 Å². The summed E-state index contributed by atoms with van der Waals surface area (Å²) in [6.45, 7) is -0.305. The van der Waals surface area contributed by atoms with Gasteiger partial charge in [-0.1, -0.05) is 23.5 Å². The van der Waals surface area contributed by atoms with Gasteiger partial charge in [-0.2, -0.15) is 0 Å². The molecule has 0 spiro atoms. The minimum atomic E-state index is -2.74. The number of hydrogen-bond acceptors (Lipinski definition) is 6. The molecule has 0 unspecified atom stereocenters. The number of nitrogens with one attached hydrogen (secondary N) is 1. The highest BCUT2D eigenvalue weighted by atomic mass is 32.1. The third kappa shape index (κ3) is 3.21. The van der Waals surface area contributed by atoms with Gasteiger partial charge in [0.05, 0.1) is 17.2 Å². The van der Waals surface area contributed by atoms with Crippen LogP contribution in [0.15, 0.2) is 35.4 Å². The molecule has 0 bridgehead atoms. The molecule has 0 aliphatic carbocycles. The van der Waals surface area contributed by atoms with Gasteiger partial charge in [0.2, 0.25) is 11.0 Å². The number of para-hydroxylation sites is 1. The highest BCUT2D eigenvalue weighted by Gasteiger charge is 2.16. The summed E-state index contributed by atoms with van der Waals surface area (Å²) < 4.78 is 25.9. The van der Waals surface area contributed by atoms with E-state index in [9.17, 15) is 18.4 Å². The maximum Gasteiger partial charge on any atom is 0.291 e. The van der Waals surface area contributed by atoms with Crippen LogP contribution in [-0.2, 0) is 11.3 Å². The molecular formula is C13H9F2N5O2S. The normalized spacial score (nSPS) is 11.1. The summed E-state index contributed by atoms with van der Waals surface area (Å²) in [5, 5.41) is 8.89. The van der Waals surface area contributed by atoms with Crippen LogP contribution >= 0.6 is 11.3 Å². The monoisotopic (exact) mass is 337 g/mol. The molecule has 0 atom stereocenters. The van der Waals surface area contributed by atoms with Crippen molar-refractivity contribution in [2.24, 2.45) is 0 Å². The van der Waals surface area contributed by atoms with E-state index in [-0.39, 0.29) is 17.2 Å². The maximum atomic E-state index is 12.4. The predicted octanol–water partition coefficient (Wildman–Crippen LogP) is 1.82. The molecule has 0 saturated carbocycles. The second-order valence-corrected chi connectivity index (χ2v) is 5.50. The van der Waals surface area contributed by atoms with Crippen molar-refractivity contribution >= 4 is 33.3 Å². The zero-order valence-electron chi connectivity index (χ0n) is 11.4. The van der Waals surface area contributed by atoms with E-state index >= 15 is 0 Å². The van der Waals surface area contributed by atoms with Crippen LogP contribution in [0.2, 0.25) is 0 Å². The molecule has 3 aromatic rings. The summed E-state index contributed by atoms with van der Waals surface area (Å²) in [5.41, 5.74) is 0.163. The Bertz CT molecular complexity index is 924. The number of aromatic nitrogens is 4. The predicted molar refractivity (Wildman–Crippen MR) is 79.5 cm³/mol. The third-order valence-corrected chi connectivity index (χ3v) is 3.77. The highest BCUT2D eigenvalue weighted by molar-refractivity contribution is 7.15. The SMILES string of the molecule is O=C(Cn1cnc2ccccc2c1=O)Nc1nnc(C(F)F)s1. The van der Waals surface area contributed by atoms with Crippen LogP contribution in [0.1, 0.15) is 11.4 Å². The van der Waals surface area contributed by atoms with E-state index in [2.05, 4.69) is 20.5 Å². The van der Waals surface area contributed by atoms with Crippen LogP contribution in [0.3, 0.4) is 0 Å². The minimum Gasteiger partial charge on any atom is -0.299 e. The number of amides is 1. The summed E-state index contributed by atoms with van der Waals surface area (Å²) in [4.78, 5) is 28.2. The van der Waals surface area contributed by atoms with Crippen molar-refractivity contribution < 1.29 is 13.6 Å². The van der Waals surface area contributed by atoms with Crippen LogP contribution in [0.25, 0.3) is 10.9 Å². The molecule has 1 N–H and O–H groups in total. The van der Waals surface area contributed by atoms with Gasteiger partial charge >= 0.3 is 0 Å². The fraction of sp³-hybridized carbons (Fsp3) is 0.154. The Labute approximate surface area is 131 Å². The van der Waals surface area contributed by atoms with Crippen molar-refractivity contribution in [1.82, 2.24) is 19.7 Å². The number of carbonyl (C=O) groups excluding carboxylic acids is 1. The lowest BCUT2D eigenvalue weighted by molar-refractivity contribution is -0.116. The van der Waals surface area contributed by atoms with E-state index in [1.54, 1.807) is 24.3 Å².